The van der Waals surface area contributed by atoms with Gasteiger partial charge in [-0.05, 0) is 23.6 Å². The zero-order valence-corrected chi connectivity index (χ0v) is 15.9. The fourth-order valence-corrected chi connectivity index (χ4v) is 4.26. The number of hydrogen-bond acceptors (Lipinski definition) is 5. The van der Waals surface area contributed by atoms with E-state index in [0.29, 0.717) is 6.04 Å². The first-order valence-corrected chi connectivity index (χ1v) is 10.1. The van der Waals surface area contributed by atoms with Crippen molar-refractivity contribution in [2.45, 2.75) is 25.9 Å². The highest BCUT2D eigenvalue weighted by atomic mass is 32.1. The molecule has 4 nitrogen and oxygen atoms in total. The summed E-state index contributed by atoms with van der Waals surface area (Å²) in [6, 6.07) is 13.3. The Kier molecular flexibility index (Phi) is 5.39. The van der Waals surface area contributed by atoms with Crippen LogP contribution in [0.15, 0.2) is 54.2 Å². The lowest BCUT2D eigenvalue weighted by molar-refractivity contribution is 0.152. The Morgan fingerprint density at radius 2 is 2.12 bits per heavy atom. The van der Waals surface area contributed by atoms with Gasteiger partial charge in [0.05, 0.1) is 5.69 Å². The normalized spacial score (nSPS) is 18.1. The summed E-state index contributed by atoms with van der Waals surface area (Å²) in [5.74, 6) is 0. The van der Waals surface area contributed by atoms with E-state index in [1.165, 1.54) is 16.7 Å². The van der Waals surface area contributed by atoms with Crippen LogP contribution in [0.4, 0.5) is 0 Å². The molecule has 1 N–H and O–H groups in total. The number of pyridine rings is 1. The molecule has 1 atom stereocenters. The van der Waals surface area contributed by atoms with E-state index in [1.54, 1.807) is 11.3 Å². The molecule has 0 amide bonds. The van der Waals surface area contributed by atoms with E-state index in [9.17, 15) is 0 Å². The van der Waals surface area contributed by atoms with Gasteiger partial charge in [-0.25, -0.2) is 4.98 Å². The first-order chi connectivity index (χ1) is 12.8. The monoisotopic (exact) mass is 364 g/mol. The fraction of sp³-hybridized carbons (Fsp3) is 0.333. The number of benzene rings is 1. The number of hydrogen-bond donors (Lipinski definition) is 1. The molecule has 134 valence electrons. The summed E-state index contributed by atoms with van der Waals surface area (Å²) in [4.78, 5) is 11.7. The highest BCUT2D eigenvalue weighted by molar-refractivity contribution is 7.13. The second-order valence-corrected chi connectivity index (χ2v) is 7.53. The molecule has 1 aliphatic heterocycles. The molecule has 0 spiro atoms. The van der Waals surface area contributed by atoms with E-state index in [1.807, 2.05) is 18.5 Å². The van der Waals surface area contributed by atoms with Gasteiger partial charge in [-0.15, -0.1) is 11.3 Å². The van der Waals surface area contributed by atoms with Gasteiger partial charge >= 0.3 is 0 Å². The fourth-order valence-electron chi connectivity index (χ4n) is 3.44. The maximum Gasteiger partial charge on any atom is 0.123 e. The quantitative estimate of drug-likeness (QED) is 0.745. The van der Waals surface area contributed by atoms with Gasteiger partial charge in [-0.3, -0.25) is 9.88 Å². The molecule has 2 aromatic heterocycles. The number of aryl methyl sites for hydroxylation is 1. The number of rotatable bonds is 5. The summed E-state index contributed by atoms with van der Waals surface area (Å²) in [6.07, 6.45) is 4.88. The lowest BCUT2D eigenvalue weighted by atomic mass is 10.1. The van der Waals surface area contributed by atoms with E-state index in [2.05, 4.69) is 57.8 Å². The van der Waals surface area contributed by atoms with E-state index < -0.39 is 0 Å². The Morgan fingerprint density at radius 3 is 2.88 bits per heavy atom. The molecule has 0 saturated carbocycles. The average Bonchev–Trinajstić information content (AvgIpc) is 3.18. The molecule has 0 radical (unpaired) electrons. The highest BCUT2D eigenvalue weighted by Crippen LogP contribution is 2.27. The standard InChI is InChI=1S/C21H24N4S/c1-2-16-5-7-17(8-6-16)21-24-19(15-26-21)14-25-11-10-23-13-20(25)18-4-3-9-22-12-18/h3-9,12,15,20,23H,2,10-11,13-14H2,1H3. The number of thiazole rings is 1. The summed E-state index contributed by atoms with van der Waals surface area (Å²) >= 11 is 1.74. The summed E-state index contributed by atoms with van der Waals surface area (Å²) in [7, 11) is 0. The van der Waals surface area contributed by atoms with E-state index in [-0.39, 0.29) is 0 Å². The molecule has 1 unspecified atom stereocenters. The van der Waals surface area contributed by atoms with E-state index >= 15 is 0 Å². The maximum absolute atomic E-state index is 4.90. The molecule has 4 rings (SSSR count). The minimum absolute atomic E-state index is 0.353. The molecule has 5 heteroatoms. The largest absolute Gasteiger partial charge is 0.314 e. The van der Waals surface area contributed by atoms with Crippen molar-refractivity contribution in [2.75, 3.05) is 19.6 Å². The third-order valence-electron chi connectivity index (χ3n) is 4.95. The van der Waals surface area contributed by atoms with Crippen LogP contribution < -0.4 is 5.32 Å². The summed E-state index contributed by atoms with van der Waals surface area (Å²) in [5.41, 5.74) is 5.00. The summed E-state index contributed by atoms with van der Waals surface area (Å²) < 4.78 is 0. The van der Waals surface area contributed by atoms with Crippen molar-refractivity contribution in [3.8, 4) is 10.6 Å². The van der Waals surface area contributed by atoms with Gasteiger partial charge in [-0.1, -0.05) is 37.3 Å². The highest BCUT2D eigenvalue weighted by Gasteiger charge is 2.24. The molecule has 3 heterocycles. The first-order valence-electron chi connectivity index (χ1n) is 9.22. The summed E-state index contributed by atoms with van der Waals surface area (Å²) in [6.45, 7) is 6.07. The Balaban J connectivity index is 1.50. The lowest BCUT2D eigenvalue weighted by Gasteiger charge is -2.35. The maximum atomic E-state index is 4.90. The molecule has 26 heavy (non-hydrogen) atoms. The molecule has 3 aromatic rings. The second-order valence-electron chi connectivity index (χ2n) is 6.67. The average molecular weight is 365 g/mol. The third kappa shape index (κ3) is 3.85. The van der Waals surface area contributed by atoms with Crippen LogP contribution in [0.2, 0.25) is 0 Å². The van der Waals surface area contributed by atoms with Crippen molar-refractivity contribution in [2.24, 2.45) is 0 Å². The number of nitrogens with zero attached hydrogens (tertiary/aromatic N) is 3. The number of nitrogens with one attached hydrogen (secondary N) is 1. The molecule has 0 aliphatic carbocycles. The third-order valence-corrected chi connectivity index (χ3v) is 5.89. The van der Waals surface area contributed by atoms with Gasteiger partial charge in [0.15, 0.2) is 0 Å². The second kappa shape index (κ2) is 8.08. The van der Waals surface area contributed by atoms with E-state index in [4.69, 9.17) is 4.98 Å². The van der Waals surface area contributed by atoms with Gasteiger partial charge < -0.3 is 5.32 Å². The van der Waals surface area contributed by atoms with Gasteiger partial charge in [0.2, 0.25) is 0 Å². The SMILES string of the molecule is CCc1ccc(-c2nc(CN3CCNCC3c3cccnc3)cs2)cc1. The molecular weight excluding hydrogens is 340 g/mol. The smallest absolute Gasteiger partial charge is 0.123 e. The zero-order valence-electron chi connectivity index (χ0n) is 15.1. The van der Waals surface area contributed by atoms with Crippen LogP contribution in [0.5, 0.6) is 0 Å². The number of aromatic nitrogens is 2. The van der Waals surface area contributed by atoms with Crippen LogP contribution in [0.25, 0.3) is 10.6 Å². The van der Waals surface area contributed by atoms with Crippen molar-refractivity contribution >= 4 is 11.3 Å². The molecule has 1 aromatic carbocycles. The van der Waals surface area contributed by atoms with Gasteiger partial charge in [0.25, 0.3) is 0 Å². The minimum Gasteiger partial charge on any atom is -0.314 e. The van der Waals surface area contributed by atoms with Crippen LogP contribution >= 0.6 is 11.3 Å². The van der Waals surface area contributed by atoms with Crippen molar-refractivity contribution in [1.82, 2.24) is 20.2 Å². The summed E-state index contributed by atoms with van der Waals surface area (Å²) in [5, 5.41) is 6.81. The molecule has 1 saturated heterocycles. The van der Waals surface area contributed by atoms with Gasteiger partial charge in [-0.2, -0.15) is 0 Å². The number of piperazine rings is 1. The minimum atomic E-state index is 0.353. The van der Waals surface area contributed by atoms with Crippen LogP contribution in [0.1, 0.15) is 29.8 Å². The van der Waals surface area contributed by atoms with Crippen LogP contribution in [-0.4, -0.2) is 34.5 Å². The molecule has 1 fully saturated rings. The van der Waals surface area contributed by atoms with Crippen molar-refractivity contribution < 1.29 is 0 Å². The van der Waals surface area contributed by atoms with E-state index in [0.717, 1.165) is 43.3 Å². The Morgan fingerprint density at radius 1 is 1.23 bits per heavy atom. The van der Waals surface area contributed by atoms with Crippen molar-refractivity contribution in [1.29, 1.82) is 0 Å². The predicted molar refractivity (Wildman–Crippen MR) is 107 cm³/mol. The van der Waals surface area contributed by atoms with Crippen LogP contribution in [0.3, 0.4) is 0 Å². The van der Waals surface area contributed by atoms with Gasteiger partial charge in [0, 0.05) is 55.6 Å². The topological polar surface area (TPSA) is 41.1 Å². The Hall–Kier alpha value is -2.08. The zero-order chi connectivity index (χ0) is 17.8. The molecule has 1 aliphatic rings. The first kappa shape index (κ1) is 17.3. The molecular formula is C21H24N4S. The Bertz CT molecular complexity index is 829. The van der Waals surface area contributed by atoms with Gasteiger partial charge in [0.1, 0.15) is 5.01 Å². The van der Waals surface area contributed by atoms with Crippen LogP contribution in [-0.2, 0) is 13.0 Å². The lowest BCUT2D eigenvalue weighted by Crippen LogP contribution is -2.45. The van der Waals surface area contributed by atoms with Crippen LogP contribution in [0, 0.1) is 0 Å². The molecule has 0 bridgehead atoms. The van der Waals surface area contributed by atoms with Crippen molar-refractivity contribution in [3.05, 3.63) is 71.0 Å². The predicted octanol–water partition coefficient (Wildman–Crippen LogP) is 3.91. The Labute approximate surface area is 158 Å². The van der Waals surface area contributed by atoms with Crippen molar-refractivity contribution in [3.63, 3.8) is 0 Å².